The molecule has 1 atom stereocenters. The number of amides is 2. The van der Waals surface area contributed by atoms with Gasteiger partial charge < -0.3 is 15.1 Å². The minimum atomic E-state index is -0.727. The van der Waals surface area contributed by atoms with Crippen molar-refractivity contribution in [2.24, 2.45) is 5.92 Å². The molecule has 42 heavy (non-hydrogen) atoms. The van der Waals surface area contributed by atoms with Crippen LogP contribution in [0.2, 0.25) is 5.02 Å². The number of nitrogens with one attached hydrogen (secondary N) is 1. The van der Waals surface area contributed by atoms with Crippen LogP contribution < -0.4 is 10.2 Å². The van der Waals surface area contributed by atoms with E-state index in [2.05, 4.69) is 15.3 Å². The van der Waals surface area contributed by atoms with Crippen molar-refractivity contribution in [3.05, 3.63) is 81.4 Å². The van der Waals surface area contributed by atoms with Gasteiger partial charge in [0.2, 0.25) is 11.8 Å². The average Bonchev–Trinajstić information content (AvgIpc) is 3.40. The predicted octanol–water partition coefficient (Wildman–Crippen LogP) is 6.72. The van der Waals surface area contributed by atoms with Crippen molar-refractivity contribution >= 4 is 57.9 Å². The number of benzene rings is 2. The molecule has 0 fully saturated rings. The van der Waals surface area contributed by atoms with Crippen molar-refractivity contribution in [1.29, 1.82) is 0 Å². The molecule has 0 aliphatic carbocycles. The third-order valence-corrected chi connectivity index (χ3v) is 8.41. The lowest BCUT2D eigenvalue weighted by Gasteiger charge is -2.33. The van der Waals surface area contributed by atoms with E-state index in [1.165, 1.54) is 23.1 Å². The summed E-state index contributed by atoms with van der Waals surface area (Å²) in [7, 11) is 3.92. The predicted molar refractivity (Wildman–Crippen MR) is 173 cm³/mol. The van der Waals surface area contributed by atoms with E-state index in [9.17, 15) is 9.59 Å². The fourth-order valence-electron chi connectivity index (χ4n) is 4.45. The number of carbonyl (C=O) groups is 2. The van der Waals surface area contributed by atoms with Gasteiger partial charge in [-0.25, -0.2) is 15.0 Å². The van der Waals surface area contributed by atoms with Gasteiger partial charge in [-0.05, 0) is 62.2 Å². The van der Waals surface area contributed by atoms with Crippen molar-refractivity contribution in [2.45, 2.75) is 45.4 Å². The SMILES string of the molecule is Cc1cc(C)nc(SCC(=O)N(Cc2nc(-c3ccc(Cl)cc3)cs2)C(C(=O)Nc2ccc(N(C)C)cc2)C(C)C)n1. The van der Waals surface area contributed by atoms with Crippen molar-refractivity contribution < 1.29 is 9.59 Å². The summed E-state index contributed by atoms with van der Waals surface area (Å²) in [5.41, 5.74) is 5.10. The molecule has 220 valence electrons. The molecular formula is C31H35ClN6O2S2. The van der Waals surface area contributed by atoms with Crippen LogP contribution >= 0.6 is 34.7 Å². The second-order valence-corrected chi connectivity index (χ2v) is 12.8. The van der Waals surface area contributed by atoms with Crippen LogP contribution in [-0.2, 0) is 16.1 Å². The molecule has 0 bridgehead atoms. The van der Waals surface area contributed by atoms with Gasteiger partial charge in [0, 0.05) is 52.8 Å². The molecule has 0 saturated carbocycles. The molecule has 0 saturated heterocycles. The van der Waals surface area contributed by atoms with E-state index in [4.69, 9.17) is 16.6 Å². The summed E-state index contributed by atoms with van der Waals surface area (Å²) in [5, 5.41) is 6.89. The Balaban J connectivity index is 1.60. The lowest BCUT2D eigenvalue weighted by Crippen LogP contribution is -2.50. The Morgan fingerprint density at radius 1 is 0.976 bits per heavy atom. The van der Waals surface area contributed by atoms with Crippen LogP contribution in [0.3, 0.4) is 0 Å². The number of thioether (sulfide) groups is 1. The van der Waals surface area contributed by atoms with Crippen LogP contribution in [0.1, 0.15) is 30.2 Å². The summed E-state index contributed by atoms with van der Waals surface area (Å²) in [6, 6.07) is 16.2. The van der Waals surface area contributed by atoms with Crippen molar-refractivity contribution in [1.82, 2.24) is 19.9 Å². The summed E-state index contributed by atoms with van der Waals surface area (Å²) in [5.74, 6) is -0.513. The number of anilines is 2. The van der Waals surface area contributed by atoms with E-state index in [0.717, 1.165) is 33.3 Å². The highest BCUT2D eigenvalue weighted by molar-refractivity contribution is 7.99. The first kappa shape index (κ1) is 31.5. The number of carbonyl (C=O) groups excluding carboxylic acids is 2. The smallest absolute Gasteiger partial charge is 0.247 e. The van der Waals surface area contributed by atoms with Crippen LogP contribution in [0.5, 0.6) is 0 Å². The molecule has 1 unspecified atom stereocenters. The monoisotopic (exact) mass is 622 g/mol. The fourth-order valence-corrected chi connectivity index (χ4v) is 6.22. The van der Waals surface area contributed by atoms with Crippen LogP contribution in [0.15, 0.2) is 65.1 Å². The molecule has 2 aromatic heterocycles. The van der Waals surface area contributed by atoms with Gasteiger partial charge in [0.1, 0.15) is 11.0 Å². The molecule has 2 amide bonds. The van der Waals surface area contributed by atoms with E-state index in [-0.39, 0.29) is 30.0 Å². The molecule has 4 rings (SSSR count). The zero-order valence-electron chi connectivity index (χ0n) is 24.6. The van der Waals surface area contributed by atoms with E-state index in [0.29, 0.717) is 15.9 Å². The Morgan fingerprint density at radius 2 is 1.62 bits per heavy atom. The van der Waals surface area contributed by atoms with Gasteiger partial charge in [-0.3, -0.25) is 9.59 Å². The van der Waals surface area contributed by atoms with Gasteiger partial charge in [0.15, 0.2) is 5.16 Å². The molecule has 0 radical (unpaired) electrons. The molecule has 11 heteroatoms. The number of halogens is 1. The largest absolute Gasteiger partial charge is 0.378 e. The van der Waals surface area contributed by atoms with Gasteiger partial charge in [0.05, 0.1) is 18.0 Å². The second-order valence-electron chi connectivity index (χ2n) is 10.5. The van der Waals surface area contributed by atoms with Gasteiger partial charge in [-0.1, -0.05) is 49.3 Å². The number of hydrogen-bond donors (Lipinski definition) is 1. The molecule has 8 nitrogen and oxygen atoms in total. The maximum atomic E-state index is 13.9. The highest BCUT2D eigenvalue weighted by atomic mass is 35.5. The van der Waals surface area contributed by atoms with Gasteiger partial charge >= 0.3 is 0 Å². The van der Waals surface area contributed by atoms with Crippen molar-refractivity contribution in [3.63, 3.8) is 0 Å². The van der Waals surface area contributed by atoms with Crippen LogP contribution in [-0.4, -0.2) is 57.6 Å². The Bertz CT molecular complexity index is 1500. The lowest BCUT2D eigenvalue weighted by molar-refractivity contribution is -0.138. The third kappa shape index (κ3) is 8.30. The van der Waals surface area contributed by atoms with Gasteiger partial charge in [0.25, 0.3) is 0 Å². The minimum Gasteiger partial charge on any atom is -0.378 e. The number of aryl methyl sites for hydroxylation is 2. The summed E-state index contributed by atoms with van der Waals surface area (Å²) < 4.78 is 0. The number of rotatable bonds is 11. The summed E-state index contributed by atoms with van der Waals surface area (Å²) in [4.78, 5) is 45.0. The molecule has 0 aliphatic heterocycles. The first-order valence-electron chi connectivity index (χ1n) is 13.5. The number of thiazole rings is 1. The number of nitrogens with zero attached hydrogens (tertiary/aromatic N) is 5. The maximum Gasteiger partial charge on any atom is 0.247 e. The molecule has 2 aromatic carbocycles. The first-order chi connectivity index (χ1) is 20.0. The average molecular weight is 623 g/mol. The van der Waals surface area contributed by atoms with Crippen LogP contribution in [0.25, 0.3) is 11.3 Å². The molecule has 2 heterocycles. The normalized spacial score (nSPS) is 11.8. The van der Waals surface area contributed by atoms with Crippen LogP contribution in [0, 0.1) is 19.8 Å². The van der Waals surface area contributed by atoms with Gasteiger partial charge in [-0.2, -0.15) is 0 Å². The lowest BCUT2D eigenvalue weighted by atomic mass is 10.0. The van der Waals surface area contributed by atoms with Crippen molar-refractivity contribution in [2.75, 3.05) is 30.1 Å². The molecule has 0 spiro atoms. The summed E-state index contributed by atoms with van der Waals surface area (Å²) in [6.45, 7) is 7.89. The van der Waals surface area contributed by atoms with E-state index >= 15 is 0 Å². The zero-order chi connectivity index (χ0) is 30.4. The number of hydrogen-bond acceptors (Lipinski definition) is 8. The molecule has 1 N–H and O–H groups in total. The third-order valence-electron chi connectivity index (χ3n) is 6.49. The van der Waals surface area contributed by atoms with Crippen molar-refractivity contribution in [3.8, 4) is 11.3 Å². The first-order valence-corrected chi connectivity index (χ1v) is 15.8. The van der Waals surface area contributed by atoms with E-state index in [1.807, 2.05) is 107 Å². The van der Waals surface area contributed by atoms with Crippen LogP contribution in [0.4, 0.5) is 11.4 Å². The number of aromatic nitrogens is 3. The second kappa shape index (κ2) is 14.1. The highest BCUT2D eigenvalue weighted by Crippen LogP contribution is 2.27. The van der Waals surface area contributed by atoms with Gasteiger partial charge in [-0.15, -0.1) is 11.3 Å². The minimum absolute atomic E-state index is 0.0896. The quantitative estimate of drug-likeness (QED) is 0.147. The maximum absolute atomic E-state index is 13.9. The topological polar surface area (TPSA) is 91.3 Å². The Hall–Kier alpha value is -3.47. The zero-order valence-corrected chi connectivity index (χ0v) is 27.0. The Labute approximate surface area is 260 Å². The molecular weight excluding hydrogens is 588 g/mol. The fraction of sp³-hybridized carbons (Fsp3) is 0.323. The summed E-state index contributed by atoms with van der Waals surface area (Å²) >= 11 is 8.78. The standard InChI is InChI=1S/C31H35ClN6O2S2/c1-19(2)29(30(40)35-24-11-13-25(14-12-24)37(5)6)38(28(39)18-42-31-33-20(3)15-21(4)34-31)16-27-36-26(17-41-27)22-7-9-23(32)10-8-22/h7-15,17,19,29H,16,18H2,1-6H3,(H,35,40). The molecule has 4 aromatic rings. The Morgan fingerprint density at radius 3 is 2.21 bits per heavy atom. The Kier molecular flexibility index (Phi) is 10.6. The van der Waals surface area contributed by atoms with E-state index < -0.39 is 6.04 Å². The highest BCUT2D eigenvalue weighted by Gasteiger charge is 2.33. The molecule has 0 aliphatic rings. The summed E-state index contributed by atoms with van der Waals surface area (Å²) in [6.07, 6.45) is 0. The van der Waals surface area contributed by atoms with E-state index in [1.54, 1.807) is 4.90 Å².